The fourth-order valence-corrected chi connectivity index (χ4v) is 5.30. The van der Waals surface area contributed by atoms with Crippen molar-refractivity contribution in [2.75, 3.05) is 25.4 Å². The third-order valence-corrected chi connectivity index (χ3v) is 6.70. The molecule has 0 unspecified atom stereocenters. The monoisotopic (exact) mass is 327 g/mol. The van der Waals surface area contributed by atoms with Crippen LogP contribution in [0.25, 0.3) is 0 Å². The first-order chi connectivity index (χ1) is 10.5. The molecule has 0 N–H and O–H groups in total. The second-order valence-corrected chi connectivity index (χ2v) is 8.46. The molecule has 3 rings (SSSR count). The Kier molecular flexibility index (Phi) is 4.84. The summed E-state index contributed by atoms with van der Waals surface area (Å²) in [7, 11) is -1.34. The van der Waals surface area contributed by atoms with Crippen LogP contribution in [0.5, 0.6) is 0 Å². The highest BCUT2D eigenvalue weighted by molar-refractivity contribution is 7.89. The van der Waals surface area contributed by atoms with Crippen LogP contribution in [0.2, 0.25) is 0 Å². The van der Waals surface area contributed by atoms with Gasteiger partial charge in [0.15, 0.2) is 0 Å². The minimum atomic E-state index is -3.19. The Balaban J connectivity index is 1.65. The van der Waals surface area contributed by atoms with Crippen LogP contribution in [0.15, 0.2) is 12.4 Å². The third kappa shape index (κ3) is 3.70. The number of hydrogen-bond acceptors (Lipinski definition) is 4. The van der Waals surface area contributed by atoms with Crippen molar-refractivity contribution < 1.29 is 13.2 Å². The van der Waals surface area contributed by atoms with Gasteiger partial charge in [-0.3, -0.25) is 4.68 Å². The smallest absolute Gasteiger partial charge is 0.214 e. The number of rotatable bonds is 4. The van der Waals surface area contributed by atoms with E-state index in [1.807, 2.05) is 13.2 Å². The van der Waals surface area contributed by atoms with Gasteiger partial charge in [-0.15, -0.1) is 0 Å². The van der Waals surface area contributed by atoms with E-state index in [1.165, 1.54) is 19.3 Å². The van der Waals surface area contributed by atoms with Crippen molar-refractivity contribution in [2.24, 2.45) is 13.0 Å². The molecule has 1 aromatic rings. The molecule has 1 aliphatic carbocycles. The molecule has 7 heteroatoms. The van der Waals surface area contributed by atoms with E-state index in [4.69, 9.17) is 4.74 Å². The standard InChI is InChI=1S/C15H25N3O3S/c1-17-10-14(9-16-17)15-11-18(7-8-21-15)22(19,20)12-13-5-3-2-4-6-13/h9-10,13,15H,2-8,11-12H2,1H3/t15-/m1/s1. The van der Waals surface area contributed by atoms with E-state index in [1.54, 1.807) is 15.2 Å². The van der Waals surface area contributed by atoms with Crippen LogP contribution < -0.4 is 0 Å². The summed E-state index contributed by atoms with van der Waals surface area (Å²) in [5.74, 6) is 0.630. The van der Waals surface area contributed by atoms with Gasteiger partial charge in [-0.2, -0.15) is 9.40 Å². The highest BCUT2D eigenvalue weighted by Gasteiger charge is 2.32. The van der Waals surface area contributed by atoms with Gasteiger partial charge in [0, 0.05) is 31.9 Å². The van der Waals surface area contributed by atoms with Crippen LogP contribution >= 0.6 is 0 Å². The topological polar surface area (TPSA) is 64.4 Å². The van der Waals surface area contributed by atoms with Crippen LogP contribution in [0.3, 0.4) is 0 Å². The summed E-state index contributed by atoms with van der Waals surface area (Å²) in [6.07, 6.45) is 9.12. The van der Waals surface area contributed by atoms with Gasteiger partial charge in [-0.25, -0.2) is 8.42 Å². The maximum Gasteiger partial charge on any atom is 0.214 e. The maximum atomic E-state index is 12.7. The third-order valence-electron chi connectivity index (χ3n) is 4.69. The van der Waals surface area contributed by atoms with E-state index in [0.29, 0.717) is 31.4 Å². The van der Waals surface area contributed by atoms with Gasteiger partial charge >= 0.3 is 0 Å². The molecule has 2 fully saturated rings. The summed E-state index contributed by atoms with van der Waals surface area (Å²) < 4.78 is 34.4. The minimum absolute atomic E-state index is 0.205. The van der Waals surface area contributed by atoms with E-state index in [2.05, 4.69) is 5.10 Å². The largest absolute Gasteiger partial charge is 0.371 e. The van der Waals surface area contributed by atoms with Crippen molar-refractivity contribution in [3.63, 3.8) is 0 Å². The molecule has 1 saturated heterocycles. The molecule has 6 nitrogen and oxygen atoms in total. The zero-order valence-corrected chi connectivity index (χ0v) is 14.0. The second kappa shape index (κ2) is 6.68. The molecular weight excluding hydrogens is 302 g/mol. The Morgan fingerprint density at radius 3 is 2.77 bits per heavy atom. The lowest BCUT2D eigenvalue weighted by Crippen LogP contribution is -2.44. The highest BCUT2D eigenvalue weighted by atomic mass is 32.2. The van der Waals surface area contributed by atoms with Gasteiger partial charge in [0.05, 0.1) is 24.7 Å². The number of hydrogen-bond donors (Lipinski definition) is 0. The van der Waals surface area contributed by atoms with Crippen molar-refractivity contribution in [2.45, 2.75) is 38.2 Å². The molecule has 0 aromatic carbocycles. The van der Waals surface area contributed by atoms with Crippen LogP contribution in [0.4, 0.5) is 0 Å². The Morgan fingerprint density at radius 1 is 1.32 bits per heavy atom. The van der Waals surface area contributed by atoms with Crippen LogP contribution in [0.1, 0.15) is 43.8 Å². The van der Waals surface area contributed by atoms with E-state index < -0.39 is 10.0 Å². The van der Waals surface area contributed by atoms with Crippen molar-refractivity contribution in [1.29, 1.82) is 0 Å². The zero-order chi connectivity index (χ0) is 15.6. The van der Waals surface area contributed by atoms with Crippen molar-refractivity contribution in [1.82, 2.24) is 14.1 Å². The zero-order valence-electron chi connectivity index (χ0n) is 13.1. The van der Waals surface area contributed by atoms with Crippen molar-refractivity contribution in [3.05, 3.63) is 18.0 Å². The summed E-state index contributed by atoms with van der Waals surface area (Å²) in [5, 5.41) is 4.14. The average Bonchev–Trinajstić information content (AvgIpc) is 2.95. The lowest BCUT2D eigenvalue weighted by atomic mass is 9.91. The molecule has 2 heterocycles. The molecular formula is C15H25N3O3S. The SMILES string of the molecule is Cn1cc([C@H]2CN(S(=O)(=O)CC3CCCCC3)CCO2)cn1. The van der Waals surface area contributed by atoms with E-state index >= 15 is 0 Å². The molecule has 1 atom stereocenters. The molecule has 124 valence electrons. The fraction of sp³-hybridized carbons (Fsp3) is 0.800. The predicted octanol–water partition coefficient (Wildman–Crippen LogP) is 1.70. The summed E-state index contributed by atoms with van der Waals surface area (Å²) in [6.45, 7) is 1.32. The molecule has 1 aromatic heterocycles. The van der Waals surface area contributed by atoms with Gasteiger partial charge in [0.1, 0.15) is 0 Å². The highest BCUT2D eigenvalue weighted by Crippen LogP contribution is 2.28. The Bertz CT molecular complexity index is 593. The normalized spacial score (nSPS) is 25.4. The number of aryl methyl sites for hydroxylation is 1. The predicted molar refractivity (Wildman–Crippen MR) is 83.8 cm³/mol. The summed E-state index contributed by atoms with van der Waals surface area (Å²) >= 11 is 0. The summed E-state index contributed by atoms with van der Waals surface area (Å²) in [5.41, 5.74) is 0.945. The fourth-order valence-electron chi connectivity index (χ4n) is 3.44. The minimum Gasteiger partial charge on any atom is -0.371 e. The van der Waals surface area contributed by atoms with Gasteiger partial charge in [-0.1, -0.05) is 19.3 Å². The molecule has 2 aliphatic rings. The number of nitrogens with zero attached hydrogens (tertiary/aromatic N) is 3. The lowest BCUT2D eigenvalue weighted by Gasteiger charge is -2.33. The van der Waals surface area contributed by atoms with E-state index in [0.717, 1.165) is 18.4 Å². The van der Waals surface area contributed by atoms with E-state index in [-0.39, 0.29) is 6.10 Å². The van der Waals surface area contributed by atoms with Crippen LogP contribution in [-0.4, -0.2) is 48.0 Å². The summed E-state index contributed by atoms with van der Waals surface area (Å²) in [6, 6.07) is 0. The molecule has 0 radical (unpaired) electrons. The Labute approximate surface area is 132 Å². The molecule has 0 bridgehead atoms. The number of ether oxygens (including phenoxy) is 1. The first-order valence-corrected chi connectivity index (χ1v) is 9.73. The lowest BCUT2D eigenvalue weighted by molar-refractivity contribution is -0.00271. The van der Waals surface area contributed by atoms with Gasteiger partial charge in [0.25, 0.3) is 0 Å². The number of sulfonamides is 1. The quantitative estimate of drug-likeness (QED) is 0.844. The molecule has 1 saturated carbocycles. The first-order valence-electron chi connectivity index (χ1n) is 8.12. The van der Waals surface area contributed by atoms with Gasteiger partial charge in [-0.05, 0) is 18.8 Å². The number of morpholine rings is 1. The first kappa shape index (κ1) is 16.0. The Hall–Kier alpha value is -0.920. The molecule has 0 spiro atoms. The molecule has 0 amide bonds. The van der Waals surface area contributed by atoms with Gasteiger partial charge in [0.2, 0.25) is 10.0 Å². The maximum absolute atomic E-state index is 12.7. The van der Waals surface area contributed by atoms with Crippen LogP contribution in [0, 0.1) is 5.92 Å². The number of aromatic nitrogens is 2. The van der Waals surface area contributed by atoms with E-state index in [9.17, 15) is 8.42 Å². The second-order valence-electron chi connectivity index (χ2n) is 6.45. The Morgan fingerprint density at radius 2 is 2.09 bits per heavy atom. The van der Waals surface area contributed by atoms with Crippen LogP contribution in [-0.2, 0) is 21.8 Å². The average molecular weight is 327 g/mol. The molecule has 1 aliphatic heterocycles. The molecule has 22 heavy (non-hydrogen) atoms. The van der Waals surface area contributed by atoms with Crippen molar-refractivity contribution in [3.8, 4) is 0 Å². The van der Waals surface area contributed by atoms with Crippen molar-refractivity contribution >= 4 is 10.0 Å². The summed E-state index contributed by atoms with van der Waals surface area (Å²) in [4.78, 5) is 0. The van der Waals surface area contributed by atoms with Gasteiger partial charge < -0.3 is 4.74 Å².